The van der Waals surface area contributed by atoms with Crippen LogP contribution < -0.4 is 16.0 Å². The molecule has 2 amide bonds. The van der Waals surface area contributed by atoms with Crippen molar-refractivity contribution in [1.82, 2.24) is 10.6 Å². The molecule has 0 bridgehead atoms. The Morgan fingerprint density at radius 3 is 2.00 bits per heavy atom. The summed E-state index contributed by atoms with van der Waals surface area (Å²) in [7, 11) is 0. The van der Waals surface area contributed by atoms with Crippen LogP contribution in [0, 0.1) is 0 Å². The van der Waals surface area contributed by atoms with E-state index in [0.29, 0.717) is 38.4 Å². The van der Waals surface area contributed by atoms with E-state index in [9.17, 15) is 4.79 Å². The van der Waals surface area contributed by atoms with Gasteiger partial charge < -0.3 is 16.0 Å². The predicted octanol–water partition coefficient (Wildman–Crippen LogP) is 8.79. The molecule has 1 aliphatic carbocycles. The summed E-state index contributed by atoms with van der Waals surface area (Å²) in [5.41, 5.74) is 3.71. The Kier molecular flexibility index (Phi) is 9.80. The van der Waals surface area contributed by atoms with Gasteiger partial charge in [-0.3, -0.25) is 0 Å². The molecule has 0 saturated heterocycles. The molecule has 36 heavy (non-hydrogen) atoms. The molecule has 1 saturated carbocycles. The Hall–Kier alpha value is -1.95. The lowest BCUT2D eigenvalue weighted by molar-refractivity contribution is 0.251. The Bertz CT molecular complexity index is 1140. The minimum absolute atomic E-state index is 0.143. The topological polar surface area (TPSA) is 53.2 Å². The summed E-state index contributed by atoms with van der Waals surface area (Å²) in [5.74, 6) is 0.143. The van der Waals surface area contributed by atoms with E-state index in [0.717, 1.165) is 29.7 Å². The SMILES string of the molecule is O=C(NCC(CCNC1CCCC1)c1ccc(-c2cc(Cl)cc(Cl)c2)cc1)Nc1cc(Cl)cc(Cl)c1. The lowest BCUT2D eigenvalue weighted by Crippen LogP contribution is -2.34. The number of hydrogen-bond donors (Lipinski definition) is 3. The summed E-state index contributed by atoms with van der Waals surface area (Å²) in [6.07, 6.45) is 5.98. The summed E-state index contributed by atoms with van der Waals surface area (Å²) < 4.78 is 0. The molecular weight excluding hydrogens is 536 g/mol. The van der Waals surface area contributed by atoms with Gasteiger partial charge >= 0.3 is 6.03 Å². The van der Waals surface area contributed by atoms with E-state index in [-0.39, 0.29) is 11.9 Å². The van der Waals surface area contributed by atoms with E-state index < -0.39 is 0 Å². The first-order valence-corrected chi connectivity index (χ1v) is 13.7. The van der Waals surface area contributed by atoms with Crippen molar-refractivity contribution in [2.45, 2.75) is 44.1 Å². The van der Waals surface area contributed by atoms with Gasteiger partial charge in [0.15, 0.2) is 0 Å². The van der Waals surface area contributed by atoms with Gasteiger partial charge in [-0.25, -0.2) is 4.79 Å². The fourth-order valence-corrected chi connectivity index (χ4v) is 5.72. The number of nitrogens with one attached hydrogen (secondary N) is 3. The zero-order valence-corrected chi connectivity index (χ0v) is 22.8. The van der Waals surface area contributed by atoms with Crippen molar-refractivity contribution in [1.29, 1.82) is 0 Å². The lowest BCUT2D eigenvalue weighted by atomic mass is 9.93. The third kappa shape index (κ3) is 8.03. The Balaban J connectivity index is 1.43. The molecular formula is C28H29Cl4N3O. The van der Waals surface area contributed by atoms with Gasteiger partial charge in [-0.15, -0.1) is 0 Å². The number of urea groups is 1. The molecule has 190 valence electrons. The van der Waals surface area contributed by atoms with Crippen LogP contribution in [0.2, 0.25) is 20.1 Å². The first kappa shape index (κ1) is 27.1. The predicted molar refractivity (Wildman–Crippen MR) is 153 cm³/mol. The number of carbonyl (C=O) groups excluding carboxylic acids is 1. The average Bonchev–Trinajstić information content (AvgIpc) is 3.34. The summed E-state index contributed by atoms with van der Waals surface area (Å²) in [5, 5.41) is 11.7. The van der Waals surface area contributed by atoms with Gasteiger partial charge in [-0.1, -0.05) is 83.5 Å². The van der Waals surface area contributed by atoms with E-state index in [2.05, 4.69) is 40.2 Å². The number of halogens is 4. The Morgan fingerprint density at radius 1 is 0.806 bits per heavy atom. The van der Waals surface area contributed by atoms with Crippen LogP contribution in [0.4, 0.5) is 10.5 Å². The fourth-order valence-electron chi connectivity index (χ4n) is 4.66. The second-order valence-corrected chi connectivity index (χ2v) is 10.9. The van der Waals surface area contributed by atoms with Crippen molar-refractivity contribution in [3.63, 3.8) is 0 Å². The zero-order chi connectivity index (χ0) is 25.5. The second-order valence-electron chi connectivity index (χ2n) is 9.19. The minimum Gasteiger partial charge on any atom is -0.337 e. The highest BCUT2D eigenvalue weighted by Gasteiger charge is 2.17. The fraction of sp³-hybridized carbons (Fsp3) is 0.321. The third-order valence-corrected chi connectivity index (χ3v) is 7.36. The lowest BCUT2D eigenvalue weighted by Gasteiger charge is -2.21. The number of hydrogen-bond acceptors (Lipinski definition) is 2. The van der Waals surface area contributed by atoms with Crippen molar-refractivity contribution >= 4 is 58.1 Å². The third-order valence-electron chi connectivity index (χ3n) is 6.49. The molecule has 0 aliphatic heterocycles. The Morgan fingerprint density at radius 2 is 1.39 bits per heavy atom. The van der Waals surface area contributed by atoms with Gasteiger partial charge in [0.25, 0.3) is 0 Å². The quantitative estimate of drug-likeness (QED) is 0.243. The molecule has 0 radical (unpaired) electrons. The van der Waals surface area contributed by atoms with Crippen LogP contribution in [0.25, 0.3) is 11.1 Å². The maximum atomic E-state index is 12.6. The van der Waals surface area contributed by atoms with Crippen molar-refractivity contribution < 1.29 is 4.79 Å². The van der Waals surface area contributed by atoms with Crippen molar-refractivity contribution in [3.8, 4) is 11.1 Å². The van der Waals surface area contributed by atoms with Gasteiger partial charge in [0.2, 0.25) is 0 Å². The van der Waals surface area contributed by atoms with Crippen LogP contribution in [0.5, 0.6) is 0 Å². The van der Waals surface area contributed by atoms with Gasteiger partial charge in [0, 0.05) is 44.3 Å². The van der Waals surface area contributed by atoms with Crippen molar-refractivity contribution in [2.24, 2.45) is 0 Å². The van der Waals surface area contributed by atoms with Crippen LogP contribution in [0.15, 0.2) is 60.7 Å². The molecule has 1 unspecified atom stereocenters. The van der Waals surface area contributed by atoms with E-state index in [1.54, 1.807) is 24.3 Å². The maximum absolute atomic E-state index is 12.6. The van der Waals surface area contributed by atoms with Crippen LogP contribution in [0.1, 0.15) is 43.6 Å². The second kappa shape index (κ2) is 13.0. The number of anilines is 1. The monoisotopic (exact) mass is 563 g/mol. The van der Waals surface area contributed by atoms with Crippen LogP contribution in [-0.2, 0) is 0 Å². The van der Waals surface area contributed by atoms with E-state index in [4.69, 9.17) is 46.4 Å². The highest BCUT2D eigenvalue weighted by molar-refractivity contribution is 6.35. The highest BCUT2D eigenvalue weighted by atomic mass is 35.5. The van der Waals surface area contributed by atoms with Crippen LogP contribution in [-0.4, -0.2) is 25.2 Å². The number of benzene rings is 3. The molecule has 0 spiro atoms. The zero-order valence-electron chi connectivity index (χ0n) is 19.8. The van der Waals surface area contributed by atoms with E-state index in [1.165, 1.54) is 25.7 Å². The standard InChI is InChI=1S/C28H29Cl4N3O/c29-22-11-21(12-23(30)13-22)19-7-5-18(6-8-19)20(9-10-33-26-3-1-2-4-26)17-34-28(36)35-27-15-24(31)14-25(32)16-27/h5-8,11-16,20,26,33H,1-4,9-10,17H2,(H2,34,35,36). The molecule has 0 heterocycles. The minimum atomic E-state index is -0.299. The van der Waals surface area contributed by atoms with Crippen LogP contribution >= 0.6 is 46.4 Å². The normalized spacial score (nSPS) is 14.6. The molecule has 4 nitrogen and oxygen atoms in total. The molecule has 3 aromatic rings. The summed E-state index contributed by atoms with van der Waals surface area (Å²) in [4.78, 5) is 12.6. The molecule has 8 heteroatoms. The van der Waals surface area contributed by atoms with E-state index >= 15 is 0 Å². The molecule has 1 aliphatic rings. The molecule has 1 fully saturated rings. The number of carbonyl (C=O) groups is 1. The number of amides is 2. The molecule has 3 aromatic carbocycles. The van der Waals surface area contributed by atoms with Crippen molar-refractivity contribution in [2.75, 3.05) is 18.4 Å². The van der Waals surface area contributed by atoms with E-state index in [1.807, 2.05) is 12.1 Å². The smallest absolute Gasteiger partial charge is 0.319 e. The maximum Gasteiger partial charge on any atom is 0.319 e. The molecule has 1 atom stereocenters. The van der Waals surface area contributed by atoms with Gasteiger partial charge in [0.1, 0.15) is 0 Å². The summed E-state index contributed by atoms with van der Waals surface area (Å²) >= 11 is 24.5. The summed E-state index contributed by atoms with van der Waals surface area (Å²) in [6, 6.07) is 19.2. The molecule has 3 N–H and O–H groups in total. The molecule has 4 rings (SSSR count). The highest BCUT2D eigenvalue weighted by Crippen LogP contribution is 2.29. The van der Waals surface area contributed by atoms with Gasteiger partial charge in [-0.05, 0) is 78.9 Å². The largest absolute Gasteiger partial charge is 0.337 e. The Labute approximate surface area is 232 Å². The first-order valence-electron chi connectivity index (χ1n) is 12.2. The number of rotatable bonds is 9. The average molecular weight is 565 g/mol. The first-order chi connectivity index (χ1) is 17.4. The van der Waals surface area contributed by atoms with Crippen molar-refractivity contribution in [3.05, 3.63) is 86.3 Å². The van der Waals surface area contributed by atoms with Crippen LogP contribution in [0.3, 0.4) is 0 Å². The van der Waals surface area contributed by atoms with Gasteiger partial charge in [0.05, 0.1) is 0 Å². The molecule has 0 aromatic heterocycles. The van der Waals surface area contributed by atoms with Gasteiger partial charge in [-0.2, -0.15) is 0 Å². The summed E-state index contributed by atoms with van der Waals surface area (Å²) in [6.45, 7) is 1.39.